The summed E-state index contributed by atoms with van der Waals surface area (Å²) < 4.78 is 3.93. The summed E-state index contributed by atoms with van der Waals surface area (Å²) in [6.45, 7) is 3.29. The third-order valence-electron chi connectivity index (χ3n) is 4.99. The van der Waals surface area contributed by atoms with E-state index in [1.807, 2.05) is 36.5 Å². The topological polar surface area (TPSA) is 43.1 Å². The van der Waals surface area contributed by atoms with Crippen molar-refractivity contribution in [1.29, 1.82) is 0 Å². The lowest BCUT2D eigenvalue weighted by atomic mass is 10.1. The number of rotatable bonds is 3. The first-order valence-electron chi connectivity index (χ1n) is 8.46. The van der Waals surface area contributed by atoms with Crippen LogP contribution in [0.25, 0.3) is 10.9 Å². The lowest BCUT2D eigenvalue weighted by Gasteiger charge is -2.24. The minimum Gasteiger partial charge on any atom is -0.335 e. The number of hydrogen-bond donors (Lipinski definition) is 0. The maximum atomic E-state index is 13.0. The molecular formula is C19H22N4O. The molecule has 5 heteroatoms. The zero-order valence-corrected chi connectivity index (χ0v) is 14.1. The molecular weight excluding hydrogens is 300 g/mol. The number of likely N-dealkylation sites (tertiary alicyclic amines) is 1. The monoisotopic (exact) mass is 322 g/mol. The summed E-state index contributed by atoms with van der Waals surface area (Å²) in [4.78, 5) is 15.0. The van der Waals surface area contributed by atoms with Crippen molar-refractivity contribution in [3.05, 3.63) is 54.0 Å². The molecule has 3 heterocycles. The number of amides is 1. The molecule has 1 aromatic carbocycles. The highest BCUT2D eigenvalue weighted by atomic mass is 16.2. The van der Waals surface area contributed by atoms with Gasteiger partial charge in [-0.1, -0.05) is 18.2 Å². The fourth-order valence-electron chi connectivity index (χ4n) is 3.81. The fraction of sp³-hybridized carbons (Fsp3) is 0.368. The van der Waals surface area contributed by atoms with Crippen LogP contribution in [-0.2, 0) is 18.4 Å². The van der Waals surface area contributed by atoms with Crippen LogP contribution in [0.3, 0.4) is 0 Å². The Morgan fingerprint density at radius 2 is 2.17 bits per heavy atom. The number of para-hydroxylation sites is 1. The molecule has 1 amide bonds. The first kappa shape index (κ1) is 15.0. The van der Waals surface area contributed by atoms with Crippen molar-refractivity contribution >= 4 is 16.8 Å². The van der Waals surface area contributed by atoms with Crippen LogP contribution in [-0.4, -0.2) is 31.7 Å². The van der Waals surface area contributed by atoms with Gasteiger partial charge < -0.3 is 9.47 Å². The Kier molecular flexibility index (Phi) is 3.63. The molecule has 0 aliphatic carbocycles. The Hall–Kier alpha value is -2.56. The molecule has 124 valence electrons. The summed E-state index contributed by atoms with van der Waals surface area (Å²) in [5.74, 6) is 0.186. The van der Waals surface area contributed by atoms with Gasteiger partial charge in [0.15, 0.2) is 0 Å². The van der Waals surface area contributed by atoms with Crippen LogP contribution in [0.15, 0.2) is 42.7 Å². The maximum Gasteiger partial charge on any atom is 0.243 e. The zero-order valence-electron chi connectivity index (χ0n) is 14.1. The van der Waals surface area contributed by atoms with E-state index >= 15 is 0 Å². The predicted octanol–water partition coefficient (Wildman–Crippen LogP) is 3.05. The second kappa shape index (κ2) is 5.82. The Balaban J connectivity index is 1.60. The Labute approximate surface area is 141 Å². The smallest absolute Gasteiger partial charge is 0.243 e. The standard InChI is InChI=1S/C19H22N4O/c1-14-10-15-6-3-4-7-17(15)23(14)13-19(24)22-9-5-8-18(22)16-11-20-21(2)12-16/h3-4,6-7,10-12,18H,5,8-9,13H2,1-2H3/t18-/m0/s1. The van der Waals surface area contributed by atoms with E-state index in [2.05, 4.69) is 34.8 Å². The van der Waals surface area contributed by atoms with Crippen molar-refractivity contribution in [1.82, 2.24) is 19.2 Å². The number of aromatic nitrogens is 3. The van der Waals surface area contributed by atoms with Gasteiger partial charge in [-0.2, -0.15) is 5.10 Å². The van der Waals surface area contributed by atoms with E-state index in [4.69, 9.17) is 0 Å². The van der Waals surface area contributed by atoms with Crippen LogP contribution >= 0.6 is 0 Å². The summed E-state index contributed by atoms with van der Waals surface area (Å²) in [7, 11) is 1.92. The van der Waals surface area contributed by atoms with E-state index in [1.165, 1.54) is 5.39 Å². The van der Waals surface area contributed by atoms with Gasteiger partial charge in [-0.25, -0.2) is 0 Å². The minimum atomic E-state index is 0.160. The highest BCUT2D eigenvalue weighted by Crippen LogP contribution is 2.32. The fourth-order valence-corrected chi connectivity index (χ4v) is 3.81. The Bertz CT molecular complexity index is 892. The minimum absolute atomic E-state index is 0.160. The molecule has 24 heavy (non-hydrogen) atoms. The molecule has 0 N–H and O–H groups in total. The SMILES string of the molecule is Cc1cc2ccccc2n1CC(=O)N1CCC[C@H]1c1cnn(C)c1. The molecule has 2 aromatic heterocycles. The molecule has 0 radical (unpaired) electrons. The molecule has 1 saturated heterocycles. The van der Waals surface area contributed by atoms with Gasteiger partial charge in [0.1, 0.15) is 6.54 Å². The molecule has 0 unspecified atom stereocenters. The van der Waals surface area contributed by atoms with Crippen molar-refractivity contribution in [2.45, 2.75) is 32.4 Å². The van der Waals surface area contributed by atoms with Crippen molar-refractivity contribution in [2.24, 2.45) is 7.05 Å². The summed E-state index contributed by atoms with van der Waals surface area (Å²) in [5, 5.41) is 5.45. The molecule has 0 spiro atoms. The summed E-state index contributed by atoms with van der Waals surface area (Å²) in [6.07, 6.45) is 5.97. The molecule has 1 aliphatic heterocycles. The van der Waals surface area contributed by atoms with Crippen LogP contribution in [0, 0.1) is 6.92 Å². The van der Waals surface area contributed by atoms with Crippen LogP contribution in [0.1, 0.15) is 30.1 Å². The second-order valence-corrected chi connectivity index (χ2v) is 6.62. The maximum absolute atomic E-state index is 13.0. The lowest BCUT2D eigenvalue weighted by Crippen LogP contribution is -2.33. The molecule has 0 saturated carbocycles. The first-order valence-corrected chi connectivity index (χ1v) is 8.46. The van der Waals surface area contributed by atoms with Gasteiger partial charge >= 0.3 is 0 Å². The van der Waals surface area contributed by atoms with E-state index in [1.54, 1.807) is 4.68 Å². The summed E-state index contributed by atoms with van der Waals surface area (Å²) in [5.41, 5.74) is 3.39. The highest BCUT2D eigenvalue weighted by molar-refractivity contribution is 5.84. The van der Waals surface area contributed by atoms with Crippen molar-refractivity contribution in [3.63, 3.8) is 0 Å². The van der Waals surface area contributed by atoms with Gasteiger partial charge in [-0.05, 0) is 37.3 Å². The Morgan fingerprint density at radius 3 is 2.96 bits per heavy atom. The normalized spacial score (nSPS) is 17.8. The van der Waals surface area contributed by atoms with Crippen LogP contribution in [0.2, 0.25) is 0 Å². The second-order valence-electron chi connectivity index (χ2n) is 6.62. The average molecular weight is 322 g/mol. The van der Waals surface area contributed by atoms with Crippen molar-refractivity contribution < 1.29 is 4.79 Å². The van der Waals surface area contributed by atoms with E-state index in [0.717, 1.165) is 36.2 Å². The number of carbonyl (C=O) groups is 1. The number of carbonyl (C=O) groups excluding carboxylic acids is 1. The quantitative estimate of drug-likeness (QED) is 0.744. The molecule has 1 fully saturated rings. The number of aryl methyl sites for hydroxylation is 2. The van der Waals surface area contributed by atoms with Gasteiger partial charge in [0.05, 0.1) is 12.2 Å². The van der Waals surface area contributed by atoms with E-state index in [9.17, 15) is 4.79 Å². The van der Waals surface area contributed by atoms with Gasteiger partial charge in [0.2, 0.25) is 5.91 Å². The average Bonchev–Trinajstić information content (AvgIpc) is 3.27. The molecule has 5 nitrogen and oxygen atoms in total. The summed E-state index contributed by atoms with van der Waals surface area (Å²) >= 11 is 0. The highest BCUT2D eigenvalue weighted by Gasteiger charge is 2.31. The largest absolute Gasteiger partial charge is 0.335 e. The molecule has 4 rings (SSSR count). The van der Waals surface area contributed by atoms with Gasteiger partial charge in [0.25, 0.3) is 0 Å². The predicted molar refractivity (Wildman–Crippen MR) is 93.6 cm³/mol. The van der Waals surface area contributed by atoms with Crippen LogP contribution in [0.4, 0.5) is 0 Å². The van der Waals surface area contributed by atoms with Crippen molar-refractivity contribution in [3.8, 4) is 0 Å². The van der Waals surface area contributed by atoms with Gasteiger partial charge in [-0.15, -0.1) is 0 Å². The number of hydrogen-bond acceptors (Lipinski definition) is 2. The molecule has 0 bridgehead atoms. The molecule has 1 aliphatic rings. The number of fused-ring (bicyclic) bond motifs is 1. The third kappa shape index (κ3) is 2.50. The third-order valence-corrected chi connectivity index (χ3v) is 4.99. The van der Waals surface area contributed by atoms with E-state index in [0.29, 0.717) is 6.54 Å². The van der Waals surface area contributed by atoms with Gasteiger partial charge in [0, 0.05) is 36.6 Å². The number of benzene rings is 1. The van der Waals surface area contributed by atoms with Crippen LogP contribution < -0.4 is 0 Å². The van der Waals surface area contributed by atoms with Crippen molar-refractivity contribution in [2.75, 3.05) is 6.54 Å². The zero-order chi connectivity index (χ0) is 16.7. The van der Waals surface area contributed by atoms with Crippen LogP contribution in [0.5, 0.6) is 0 Å². The molecule has 1 atom stereocenters. The van der Waals surface area contributed by atoms with Gasteiger partial charge in [-0.3, -0.25) is 9.48 Å². The molecule has 3 aromatic rings. The first-order chi connectivity index (χ1) is 11.6. The Morgan fingerprint density at radius 1 is 1.33 bits per heavy atom. The summed E-state index contributed by atoms with van der Waals surface area (Å²) in [6, 6.07) is 10.5. The number of nitrogens with zero attached hydrogens (tertiary/aromatic N) is 4. The lowest BCUT2D eigenvalue weighted by molar-refractivity contribution is -0.132. The van der Waals surface area contributed by atoms with E-state index in [-0.39, 0.29) is 11.9 Å². The van der Waals surface area contributed by atoms with E-state index < -0.39 is 0 Å².